The van der Waals surface area contributed by atoms with Crippen LogP contribution in [-0.4, -0.2) is 70.9 Å². The molecule has 0 radical (unpaired) electrons. The normalized spacial score (nSPS) is 31.6. The van der Waals surface area contributed by atoms with E-state index in [2.05, 4.69) is 4.72 Å². The zero-order valence-electron chi connectivity index (χ0n) is 32.3. The van der Waals surface area contributed by atoms with Gasteiger partial charge in [-0.3, -0.25) is 23.9 Å². The summed E-state index contributed by atoms with van der Waals surface area (Å²) in [4.78, 5) is 63.6. The quantitative estimate of drug-likeness (QED) is 0.254. The van der Waals surface area contributed by atoms with Crippen molar-refractivity contribution in [2.45, 2.75) is 152 Å². The van der Waals surface area contributed by atoms with Crippen LogP contribution in [0.2, 0.25) is 0 Å². The number of amides is 2. The van der Waals surface area contributed by atoms with Crippen LogP contribution in [0.5, 0.6) is 5.75 Å². The Hall–Kier alpha value is -3.80. The third-order valence-electron chi connectivity index (χ3n) is 13.6. The standard InChI is InChI=1S/C43H55N3O8S/c1-28-38-33(32-17-11-12-18-34(32)44-28)19-20-42(54-38)25-35-36(47)26-43(40(50)45-55(51,52)41(2)21-22-41)24-30(43)14-8-5-3-4-7-13-29(39(49)46(35)27-42)23-37(48)53-31-15-9-6-10-16-31/h8,11-12,14,17-18,29-31,35H,3-7,9-10,13,15-16,19-27H2,1-2H3,(H,45,50)/b14-8-/t29-,30-,35+,42-,43-/m1/s1. The topological polar surface area (TPSA) is 149 Å². The van der Waals surface area contributed by atoms with Gasteiger partial charge in [0, 0.05) is 29.7 Å². The minimum atomic E-state index is -3.93. The summed E-state index contributed by atoms with van der Waals surface area (Å²) in [6.45, 7) is 3.72. The molecule has 0 unspecified atom stereocenters. The fourth-order valence-corrected chi connectivity index (χ4v) is 11.1. The number of pyridine rings is 1. The number of carbonyl (C=O) groups is 4. The first kappa shape index (κ1) is 38.1. The van der Waals surface area contributed by atoms with E-state index in [9.17, 15) is 27.6 Å². The first-order chi connectivity index (χ1) is 26.3. The maximum Gasteiger partial charge on any atom is 0.306 e. The molecule has 4 heterocycles. The van der Waals surface area contributed by atoms with Crippen LogP contribution in [0.15, 0.2) is 36.4 Å². The Labute approximate surface area is 324 Å². The van der Waals surface area contributed by atoms with Crippen molar-refractivity contribution in [3.05, 3.63) is 47.7 Å². The van der Waals surface area contributed by atoms with Crippen LogP contribution in [-0.2, 0) is 40.4 Å². The number of Topliss-reactive ketones (excluding diaryl/α,β-unsaturated/α-hetero) is 1. The summed E-state index contributed by atoms with van der Waals surface area (Å²) < 4.78 is 40.7. The van der Waals surface area contributed by atoms with Gasteiger partial charge in [-0.05, 0) is 103 Å². The van der Waals surface area contributed by atoms with Gasteiger partial charge >= 0.3 is 5.97 Å². The number of fused-ring (bicyclic) bond motifs is 5. The Morgan fingerprint density at radius 2 is 1.75 bits per heavy atom. The molecule has 296 valence electrons. The van der Waals surface area contributed by atoms with E-state index in [4.69, 9.17) is 14.5 Å². The minimum absolute atomic E-state index is 0.0522. The average Bonchev–Trinajstić information content (AvgIpc) is 4.05. The number of hydrogen-bond donors (Lipinski definition) is 1. The van der Waals surface area contributed by atoms with Crippen molar-refractivity contribution in [1.82, 2.24) is 14.6 Å². The number of rotatable bonds is 6. The van der Waals surface area contributed by atoms with Gasteiger partial charge < -0.3 is 14.4 Å². The lowest BCUT2D eigenvalue weighted by Gasteiger charge is -2.36. The molecule has 4 fully saturated rings. The van der Waals surface area contributed by atoms with Crippen molar-refractivity contribution in [2.24, 2.45) is 17.3 Å². The molecule has 55 heavy (non-hydrogen) atoms. The fraction of sp³-hybridized carbons (Fsp3) is 0.651. The number of hydrogen-bond acceptors (Lipinski definition) is 9. The van der Waals surface area contributed by atoms with Crippen LogP contribution >= 0.6 is 0 Å². The van der Waals surface area contributed by atoms with Crippen LogP contribution in [0.1, 0.15) is 127 Å². The van der Waals surface area contributed by atoms with Crippen molar-refractivity contribution in [3.8, 4) is 5.75 Å². The number of benzene rings is 1. The second-order valence-electron chi connectivity index (χ2n) is 17.7. The van der Waals surface area contributed by atoms with Crippen molar-refractivity contribution in [3.63, 3.8) is 0 Å². The van der Waals surface area contributed by atoms with Gasteiger partial charge in [0.2, 0.25) is 21.8 Å². The molecule has 1 aromatic carbocycles. The smallest absolute Gasteiger partial charge is 0.306 e. The van der Waals surface area contributed by atoms with E-state index in [0.717, 1.165) is 79.9 Å². The largest absolute Gasteiger partial charge is 0.483 e. The first-order valence-corrected chi connectivity index (χ1v) is 22.1. The molecule has 8 rings (SSSR count). The van der Waals surface area contributed by atoms with Crippen LogP contribution in [0.25, 0.3) is 10.9 Å². The van der Waals surface area contributed by atoms with Gasteiger partial charge in [0.05, 0.1) is 40.4 Å². The number of nitrogens with zero attached hydrogens (tertiary/aromatic N) is 2. The van der Waals surface area contributed by atoms with Gasteiger partial charge in [0.15, 0.2) is 5.78 Å². The minimum Gasteiger partial charge on any atom is -0.483 e. The number of esters is 1. The highest BCUT2D eigenvalue weighted by Crippen LogP contribution is 2.58. The van der Waals surface area contributed by atoms with Gasteiger partial charge in [0.25, 0.3) is 0 Å². The molecule has 3 aliphatic carbocycles. The summed E-state index contributed by atoms with van der Waals surface area (Å²) in [5.41, 5.74) is 0.595. The highest BCUT2D eigenvalue weighted by Gasteiger charge is 2.63. The Morgan fingerprint density at radius 3 is 2.53 bits per heavy atom. The molecule has 1 N–H and O–H groups in total. The highest BCUT2D eigenvalue weighted by atomic mass is 32.2. The summed E-state index contributed by atoms with van der Waals surface area (Å²) in [6.07, 6.45) is 15.0. The molecular weight excluding hydrogens is 719 g/mol. The molecule has 1 spiro atoms. The third-order valence-corrected chi connectivity index (χ3v) is 15.8. The van der Waals surface area contributed by atoms with Crippen LogP contribution < -0.4 is 9.46 Å². The lowest BCUT2D eigenvalue weighted by Crippen LogP contribution is -2.48. The van der Waals surface area contributed by atoms with Gasteiger partial charge in [-0.2, -0.15) is 0 Å². The second kappa shape index (κ2) is 14.6. The molecule has 3 saturated carbocycles. The van der Waals surface area contributed by atoms with E-state index in [1.165, 1.54) is 0 Å². The van der Waals surface area contributed by atoms with Crippen LogP contribution in [0, 0.1) is 24.2 Å². The maximum absolute atomic E-state index is 14.9. The molecule has 1 aromatic heterocycles. The zero-order chi connectivity index (χ0) is 38.6. The molecule has 2 amide bonds. The zero-order valence-corrected chi connectivity index (χ0v) is 33.1. The second-order valence-corrected chi connectivity index (χ2v) is 19.9. The molecule has 2 aromatic rings. The Bertz CT molecular complexity index is 2020. The number of ether oxygens (including phenoxy) is 2. The molecule has 11 nitrogen and oxygen atoms in total. The summed E-state index contributed by atoms with van der Waals surface area (Å²) >= 11 is 0. The van der Waals surface area contributed by atoms with E-state index in [0.29, 0.717) is 44.3 Å². The number of nitrogens with one attached hydrogen (secondary N) is 1. The van der Waals surface area contributed by atoms with Crippen molar-refractivity contribution in [2.75, 3.05) is 6.54 Å². The number of carbonyl (C=O) groups excluding carboxylic acids is 4. The highest BCUT2D eigenvalue weighted by molar-refractivity contribution is 7.91. The van der Waals surface area contributed by atoms with Crippen molar-refractivity contribution in [1.29, 1.82) is 0 Å². The Morgan fingerprint density at radius 1 is 1.00 bits per heavy atom. The first-order valence-electron chi connectivity index (χ1n) is 20.7. The molecule has 6 aliphatic rings. The van der Waals surface area contributed by atoms with Gasteiger partial charge in [-0.25, -0.2) is 13.4 Å². The van der Waals surface area contributed by atoms with Crippen molar-refractivity contribution >= 4 is 44.5 Å². The fourth-order valence-electron chi connectivity index (χ4n) is 9.73. The number of para-hydroxylation sites is 1. The van der Waals surface area contributed by atoms with Crippen molar-refractivity contribution < 1.29 is 37.1 Å². The van der Waals surface area contributed by atoms with Gasteiger partial charge in [-0.1, -0.05) is 49.6 Å². The Kier molecular flexibility index (Phi) is 10.1. The summed E-state index contributed by atoms with van der Waals surface area (Å²) in [5, 5.41) is 1.02. The molecule has 3 aliphatic heterocycles. The number of aryl methyl sites for hydroxylation is 2. The molecule has 5 atom stereocenters. The van der Waals surface area contributed by atoms with E-state index >= 15 is 0 Å². The SMILES string of the molecule is Cc1nc2ccccc2c2c1O[C@]1(CC2)C[C@H]2C(=O)C[C@]3(C(=O)NS(=O)(=O)C4(C)CC4)C[C@H]3/C=C\CCCCC[C@H](CC(=O)OC3CCCCC3)C(=O)N2C1. The molecule has 1 saturated heterocycles. The van der Waals surface area contributed by atoms with E-state index in [1.807, 2.05) is 43.3 Å². The molecule has 0 bridgehead atoms. The Balaban J connectivity index is 1.11. The van der Waals surface area contributed by atoms with Crippen LogP contribution in [0.4, 0.5) is 0 Å². The predicted octanol–water partition coefficient (Wildman–Crippen LogP) is 6.57. The van der Waals surface area contributed by atoms with Gasteiger partial charge in [-0.15, -0.1) is 0 Å². The van der Waals surface area contributed by atoms with Crippen LogP contribution in [0.3, 0.4) is 0 Å². The predicted molar refractivity (Wildman–Crippen MR) is 206 cm³/mol. The van der Waals surface area contributed by atoms with E-state index in [-0.39, 0.29) is 55.5 Å². The number of ketones is 1. The number of allylic oxidation sites excluding steroid dienone is 2. The van der Waals surface area contributed by atoms with E-state index in [1.54, 1.807) is 11.8 Å². The monoisotopic (exact) mass is 773 g/mol. The number of sulfonamides is 1. The summed E-state index contributed by atoms with van der Waals surface area (Å²) in [5.74, 6) is -1.83. The lowest BCUT2D eigenvalue weighted by atomic mass is 9.85. The number of aromatic nitrogens is 1. The third kappa shape index (κ3) is 7.44. The molecule has 12 heteroatoms. The maximum atomic E-state index is 14.9. The van der Waals surface area contributed by atoms with Gasteiger partial charge in [0.1, 0.15) is 17.5 Å². The molecular formula is C43H55N3O8S. The lowest BCUT2D eigenvalue weighted by molar-refractivity contribution is -0.155. The summed E-state index contributed by atoms with van der Waals surface area (Å²) in [7, 11) is -3.93. The summed E-state index contributed by atoms with van der Waals surface area (Å²) in [6, 6.07) is 7.06. The van der Waals surface area contributed by atoms with E-state index < -0.39 is 43.7 Å². The average molecular weight is 774 g/mol.